The summed E-state index contributed by atoms with van der Waals surface area (Å²) in [5, 5.41) is 3.23. The molecule has 3 atom stereocenters. The Labute approximate surface area is 112 Å². The lowest BCUT2D eigenvalue weighted by atomic mass is 9.70. The first-order chi connectivity index (χ1) is 8.50. The average Bonchev–Trinajstić information content (AvgIpc) is 2.27. The molecule has 0 amide bonds. The quantitative estimate of drug-likeness (QED) is 0.835. The van der Waals surface area contributed by atoms with Crippen LogP contribution >= 0.6 is 0 Å². The van der Waals surface area contributed by atoms with E-state index >= 15 is 0 Å². The Balaban J connectivity index is 1.93. The molecule has 0 spiro atoms. The zero-order valence-corrected chi connectivity index (χ0v) is 12.5. The van der Waals surface area contributed by atoms with Crippen molar-refractivity contribution < 1.29 is 4.74 Å². The Morgan fingerprint density at radius 3 is 2.78 bits per heavy atom. The van der Waals surface area contributed by atoms with Gasteiger partial charge < -0.3 is 10.1 Å². The molecular formula is C15H30N2O. The lowest BCUT2D eigenvalue weighted by molar-refractivity contribution is -0.0584. The highest BCUT2D eigenvalue weighted by atomic mass is 16.5. The van der Waals surface area contributed by atoms with Gasteiger partial charge in [-0.05, 0) is 37.6 Å². The van der Waals surface area contributed by atoms with E-state index in [0.717, 1.165) is 38.2 Å². The largest absolute Gasteiger partial charge is 0.374 e. The highest BCUT2D eigenvalue weighted by Crippen LogP contribution is 2.40. The molecule has 3 nitrogen and oxygen atoms in total. The average molecular weight is 254 g/mol. The standard InChI is InChI=1S/C15H30N2O/c1-12-7-13(9-15(2,3)8-12)17-5-6-18-14(11-17)10-16-4/h12-14,16H,5-11H2,1-4H3. The summed E-state index contributed by atoms with van der Waals surface area (Å²) in [4.78, 5) is 2.68. The molecule has 1 heterocycles. The first-order valence-electron chi connectivity index (χ1n) is 7.50. The molecule has 1 N–H and O–H groups in total. The van der Waals surface area contributed by atoms with Gasteiger partial charge in [0.05, 0.1) is 12.7 Å². The van der Waals surface area contributed by atoms with Crippen molar-refractivity contribution in [2.24, 2.45) is 11.3 Å². The van der Waals surface area contributed by atoms with Crippen LogP contribution in [0.4, 0.5) is 0 Å². The molecule has 3 heteroatoms. The van der Waals surface area contributed by atoms with Crippen LogP contribution in [-0.4, -0.2) is 50.3 Å². The molecule has 0 aromatic rings. The van der Waals surface area contributed by atoms with E-state index in [9.17, 15) is 0 Å². The van der Waals surface area contributed by atoms with E-state index in [-0.39, 0.29) is 0 Å². The Bertz CT molecular complexity index is 265. The summed E-state index contributed by atoms with van der Waals surface area (Å²) >= 11 is 0. The molecule has 0 aromatic heterocycles. The van der Waals surface area contributed by atoms with Gasteiger partial charge in [0.15, 0.2) is 0 Å². The normalized spacial score (nSPS) is 37.7. The molecule has 0 aromatic carbocycles. The molecule has 2 rings (SSSR count). The Hall–Kier alpha value is -0.120. The first-order valence-corrected chi connectivity index (χ1v) is 7.50. The van der Waals surface area contributed by atoms with E-state index in [1.54, 1.807) is 0 Å². The van der Waals surface area contributed by atoms with Crippen LogP contribution in [0.3, 0.4) is 0 Å². The SMILES string of the molecule is CNCC1CN(C2CC(C)CC(C)(C)C2)CCO1. The lowest BCUT2D eigenvalue weighted by Crippen LogP contribution is -2.52. The van der Waals surface area contributed by atoms with Gasteiger partial charge in [-0.1, -0.05) is 20.8 Å². The van der Waals surface area contributed by atoms with Gasteiger partial charge in [-0.25, -0.2) is 0 Å². The monoisotopic (exact) mass is 254 g/mol. The molecular weight excluding hydrogens is 224 g/mol. The third-order valence-electron chi connectivity index (χ3n) is 4.48. The fourth-order valence-electron chi connectivity index (χ4n) is 4.00. The van der Waals surface area contributed by atoms with Crippen LogP contribution in [0.5, 0.6) is 0 Å². The van der Waals surface area contributed by atoms with E-state index < -0.39 is 0 Å². The maximum Gasteiger partial charge on any atom is 0.0826 e. The molecule has 3 unspecified atom stereocenters. The fourth-order valence-corrected chi connectivity index (χ4v) is 4.00. The third kappa shape index (κ3) is 3.69. The molecule has 0 bridgehead atoms. The second kappa shape index (κ2) is 5.89. The van der Waals surface area contributed by atoms with Crippen molar-refractivity contribution in [1.29, 1.82) is 0 Å². The highest BCUT2D eigenvalue weighted by molar-refractivity contribution is 4.89. The maximum absolute atomic E-state index is 5.81. The van der Waals surface area contributed by atoms with Gasteiger partial charge in [0, 0.05) is 25.7 Å². The van der Waals surface area contributed by atoms with Crippen LogP contribution in [0, 0.1) is 11.3 Å². The minimum Gasteiger partial charge on any atom is -0.374 e. The van der Waals surface area contributed by atoms with Crippen molar-refractivity contribution in [3.05, 3.63) is 0 Å². The van der Waals surface area contributed by atoms with E-state index in [1.807, 2.05) is 7.05 Å². The Kier molecular flexibility index (Phi) is 4.68. The number of hydrogen-bond donors (Lipinski definition) is 1. The summed E-state index contributed by atoms with van der Waals surface area (Å²) in [6, 6.07) is 0.770. The number of rotatable bonds is 3. The summed E-state index contributed by atoms with van der Waals surface area (Å²) in [6.45, 7) is 11.4. The van der Waals surface area contributed by atoms with E-state index in [4.69, 9.17) is 4.74 Å². The minimum atomic E-state index is 0.379. The summed E-state index contributed by atoms with van der Waals surface area (Å²) in [5.74, 6) is 0.865. The van der Waals surface area contributed by atoms with Crippen LogP contribution in [0.1, 0.15) is 40.0 Å². The number of hydrogen-bond acceptors (Lipinski definition) is 3. The van der Waals surface area contributed by atoms with Gasteiger partial charge in [0.2, 0.25) is 0 Å². The van der Waals surface area contributed by atoms with Crippen molar-refractivity contribution in [2.75, 3.05) is 33.3 Å². The number of likely N-dealkylation sites (N-methyl/N-ethyl adjacent to an activating group) is 1. The summed E-state index contributed by atoms with van der Waals surface area (Å²) < 4.78 is 5.81. The second-order valence-electron chi connectivity index (χ2n) is 7.11. The zero-order valence-electron chi connectivity index (χ0n) is 12.5. The summed E-state index contributed by atoms with van der Waals surface area (Å²) in [5.41, 5.74) is 0.513. The van der Waals surface area contributed by atoms with E-state index in [0.29, 0.717) is 11.5 Å². The van der Waals surface area contributed by atoms with Crippen LogP contribution in [0.2, 0.25) is 0 Å². The van der Waals surface area contributed by atoms with Crippen LogP contribution < -0.4 is 5.32 Å². The smallest absolute Gasteiger partial charge is 0.0826 e. The van der Waals surface area contributed by atoms with Crippen molar-refractivity contribution in [3.63, 3.8) is 0 Å². The first kappa shape index (κ1) is 14.3. The van der Waals surface area contributed by atoms with Gasteiger partial charge >= 0.3 is 0 Å². The Morgan fingerprint density at radius 1 is 1.33 bits per heavy atom. The zero-order chi connectivity index (χ0) is 13.2. The summed E-state index contributed by atoms with van der Waals surface area (Å²) in [7, 11) is 2.01. The molecule has 1 saturated heterocycles. The molecule has 2 fully saturated rings. The topological polar surface area (TPSA) is 24.5 Å². The van der Waals surface area contributed by atoms with Gasteiger partial charge in [0.1, 0.15) is 0 Å². The van der Waals surface area contributed by atoms with Gasteiger partial charge in [0.25, 0.3) is 0 Å². The van der Waals surface area contributed by atoms with Gasteiger partial charge in [-0.2, -0.15) is 0 Å². The predicted molar refractivity (Wildman–Crippen MR) is 75.8 cm³/mol. The maximum atomic E-state index is 5.81. The molecule has 1 aliphatic heterocycles. The Morgan fingerprint density at radius 2 is 2.11 bits per heavy atom. The van der Waals surface area contributed by atoms with Crippen LogP contribution in [0.25, 0.3) is 0 Å². The second-order valence-corrected chi connectivity index (χ2v) is 7.11. The van der Waals surface area contributed by atoms with E-state index in [2.05, 4.69) is 31.0 Å². The van der Waals surface area contributed by atoms with Crippen molar-refractivity contribution in [1.82, 2.24) is 10.2 Å². The molecule has 2 aliphatic rings. The lowest BCUT2D eigenvalue weighted by Gasteiger charge is -2.46. The predicted octanol–water partition coefficient (Wildman–Crippen LogP) is 2.12. The molecule has 106 valence electrons. The number of morpholine rings is 1. The third-order valence-corrected chi connectivity index (χ3v) is 4.48. The van der Waals surface area contributed by atoms with Gasteiger partial charge in [-0.3, -0.25) is 4.90 Å². The van der Waals surface area contributed by atoms with Crippen LogP contribution in [0.15, 0.2) is 0 Å². The summed E-state index contributed by atoms with van der Waals surface area (Å²) in [6.07, 6.45) is 4.48. The number of ether oxygens (including phenoxy) is 1. The van der Waals surface area contributed by atoms with Crippen molar-refractivity contribution in [3.8, 4) is 0 Å². The van der Waals surface area contributed by atoms with Crippen molar-refractivity contribution in [2.45, 2.75) is 52.2 Å². The fraction of sp³-hybridized carbons (Fsp3) is 1.00. The van der Waals surface area contributed by atoms with Crippen molar-refractivity contribution >= 4 is 0 Å². The van der Waals surface area contributed by atoms with Crippen LogP contribution in [-0.2, 0) is 4.74 Å². The van der Waals surface area contributed by atoms with Gasteiger partial charge in [-0.15, -0.1) is 0 Å². The molecule has 18 heavy (non-hydrogen) atoms. The number of nitrogens with zero attached hydrogens (tertiary/aromatic N) is 1. The van der Waals surface area contributed by atoms with E-state index in [1.165, 1.54) is 19.3 Å². The number of nitrogens with one attached hydrogen (secondary N) is 1. The molecule has 1 aliphatic carbocycles. The molecule has 0 radical (unpaired) electrons. The highest BCUT2D eigenvalue weighted by Gasteiger charge is 2.36. The molecule has 1 saturated carbocycles. The minimum absolute atomic E-state index is 0.379.